The van der Waals surface area contributed by atoms with E-state index < -0.39 is 0 Å². The minimum absolute atomic E-state index is 0.903. The standard InChI is InChI=1S/C7H14N2S/c1-7-8-3-2-4-9(7)5-6-10/h8,10H,1-6H2. The molecule has 1 aliphatic rings. The van der Waals surface area contributed by atoms with Gasteiger partial charge in [-0.2, -0.15) is 12.6 Å². The second-order valence-corrected chi connectivity index (χ2v) is 2.88. The fourth-order valence-corrected chi connectivity index (χ4v) is 1.36. The topological polar surface area (TPSA) is 15.3 Å². The van der Waals surface area contributed by atoms with Gasteiger partial charge < -0.3 is 10.2 Å². The Morgan fingerprint density at radius 3 is 3.10 bits per heavy atom. The van der Waals surface area contributed by atoms with Gasteiger partial charge in [-0.15, -0.1) is 0 Å². The van der Waals surface area contributed by atoms with Crippen molar-refractivity contribution in [3.05, 3.63) is 12.4 Å². The molecule has 1 saturated heterocycles. The van der Waals surface area contributed by atoms with Crippen molar-refractivity contribution < 1.29 is 0 Å². The number of hydrogen-bond donors (Lipinski definition) is 2. The molecule has 1 aliphatic heterocycles. The van der Waals surface area contributed by atoms with Crippen LogP contribution in [0.15, 0.2) is 12.4 Å². The van der Waals surface area contributed by atoms with Gasteiger partial charge in [-0.1, -0.05) is 6.58 Å². The smallest absolute Gasteiger partial charge is 0.0939 e. The third-order valence-electron chi connectivity index (χ3n) is 1.69. The molecule has 3 heteroatoms. The Balaban J connectivity index is 2.32. The molecule has 2 nitrogen and oxygen atoms in total. The fraction of sp³-hybridized carbons (Fsp3) is 0.714. The van der Waals surface area contributed by atoms with Crippen LogP contribution in [0, 0.1) is 0 Å². The van der Waals surface area contributed by atoms with E-state index in [1.165, 1.54) is 6.42 Å². The van der Waals surface area contributed by atoms with Gasteiger partial charge in [-0.05, 0) is 6.42 Å². The van der Waals surface area contributed by atoms with E-state index in [0.717, 1.165) is 31.2 Å². The molecule has 0 saturated carbocycles. The predicted molar refractivity (Wildman–Crippen MR) is 47.2 cm³/mol. The molecule has 0 radical (unpaired) electrons. The number of nitrogens with one attached hydrogen (secondary N) is 1. The van der Waals surface area contributed by atoms with Crippen molar-refractivity contribution in [2.45, 2.75) is 6.42 Å². The summed E-state index contributed by atoms with van der Waals surface area (Å²) in [6, 6.07) is 0. The highest BCUT2D eigenvalue weighted by Gasteiger charge is 2.09. The van der Waals surface area contributed by atoms with Crippen LogP contribution in [0.1, 0.15) is 6.42 Å². The monoisotopic (exact) mass is 158 g/mol. The third-order valence-corrected chi connectivity index (χ3v) is 1.89. The Morgan fingerprint density at radius 2 is 2.50 bits per heavy atom. The lowest BCUT2D eigenvalue weighted by Crippen LogP contribution is -2.39. The first-order valence-electron chi connectivity index (χ1n) is 3.63. The van der Waals surface area contributed by atoms with Crippen LogP contribution in [-0.4, -0.2) is 30.3 Å². The number of rotatable bonds is 2. The average molecular weight is 158 g/mol. The van der Waals surface area contributed by atoms with Crippen LogP contribution < -0.4 is 5.32 Å². The van der Waals surface area contributed by atoms with Crippen molar-refractivity contribution in [3.8, 4) is 0 Å². The van der Waals surface area contributed by atoms with Crippen LogP contribution in [0.3, 0.4) is 0 Å². The Bertz CT molecular complexity index is 123. The highest BCUT2D eigenvalue weighted by molar-refractivity contribution is 7.80. The molecule has 1 N–H and O–H groups in total. The molecule has 0 aliphatic carbocycles. The first kappa shape index (κ1) is 7.79. The van der Waals surface area contributed by atoms with E-state index in [9.17, 15) is 0 Å². The minimum Gasteiger partial charge on any atom is -0.372 e. The van der Waals surface area contributed by atoms with E-state index in [1.54, 1.807) is 0 Å². The van der Waals surface area contributed by atoms with E-state index >= 15 is 0 Å². The maximum atomic E-state index is 4.16. The molecular weight excluding hydrogens is 144 g/mol. The molecule has 0 unspecified atom stereocenters. The number of hydrogen-bond acceptors (Lipinski definition) is 3. The van der Waals surface area contributed by atoms with Gasteiger partial charge >= 0.3 is 0 Å². The lowest BCUT2D eigenvalue weighted by molar-refractivity contribution is 0.298. The Labute approximate surface area is 67.7 Å². The predicted octanol–water partition coefficient (Wildman–Crippen LogP) is 0.683. The van der Waals surface area contributed by atoms with Crippen molar-refractivity contribution in [3.63, 3.8) is 0 Å². The van der Waals surface area contributed by atoms with Gasteiger partial charge in [0.05, 0.1) is 5.82 Å². The molecule has 0 aromatic heterocycles. The summed E-state index contributed by atoms with van der Waals surface area (Å²) in [4.78, 5) is 2.23. The van der Waals surface area contributed by atoms with E-state index in [0.29, 0.717) is 0 Å². The summed E-state index contributed by atoms with van der Waals surface area (Å²) in [6.45, 7) is 7.11. The van der Waals surface area contributed by atoms with Crippen LogP contribution in [0.25, 0.3) is 0 Å². The SMILES string of the molecule is C=C1NCCCN1CCS. The average Bonchev–Trinajstić information content (AvgIpc) is 1.94. The lowest BCUT2D eigenvalue weighted by atomic mass is 10.3. The van der Waals surface area contributed by atoms with Crippen molar-refractivity contribution in [2.24, 2.45) is 0 Å². The van der Waals surface area contributed by atoms with E-state index in [1.807, 2.05) is 0 Å². The zero-order valence-electron chi connectivity index (χ0n) is 6.14. The first-order valence-corrected chi connectivity index (χ1v) is 4.26. The molecule has 10 heavy (non-hydrogen) atoms. The number of nitrogens with zero attached hydrogens (tertiary/aromatic N) is 1. The molecule has 0 atom stereocenters. The van der Waals surface area contributed by atoms with Gasteiger partial charge in [0, 0.05) is 25.4 Å². The Morgan fingerprint density at radius 1 is 1.70 bits per heavy atom. The first-order chi connectivity index (χ1) is 4.84. The highest BCUT2D eigenvalue weighted by Crippen LogP contribution is 2.04. The van der Waals surface area contributed by atoms with E-state index in [2.05, 4.69) is 29.4 Å². The van der Waals surface area contributed by atoms with E-state index in [-0.39, 0.29) is 0 Å². The summed E-state index contributed by atoms with van der Waals surface area (Å²) in [5.41, 5.74) is 0. The molecule has 1 rings (SSSR count). The molecule has 0 aromatic rings. The van der Waals surface area contributed by atoms with Crippen molar-refractivity contribution in [1.82, 2.24) is 10.2 Å². The van der Waals surface area contributed by atoms with Crippen LogP contribution in [0.5, 0.6) is 0 Å². The molecule has 58 valence electrons. The molecule has 1 heterocycles. The molecular formula is C7H14N2S. The van der Waals surface area contributed by atoms with Crippen molar-refractivity contribution in [2.75, 3.05) is 25.4 Å². The number of thiol groups is 1. The third kappa shape index (κ3) is 1.84. The second kappa shape index (κ2) is 3.76. The lowest BCUT2D eigenvalue weighted by Gasteiger charge is -2.31. The van der Waals surface area contributed by atoms with Gasteiger partial charge in [-0.3, -0.25) is 0 Å². The van der Waals surface area contributed by atoms with Crippen LogP contribution in [-0.2, 0) is 0 Å². The van der Waals surface area contributed by atoms with Crippen LogP contribution >= 0.6 is 12.6 Å². The summed E-state index contributed by atoms with van der Waals surface area (Å²) < 4.78 is 0. The highest BCUT2D eigenvalue weighted by atomic mass is 32.1. The Kier molecular flexibility index (Phi) is 2.93. The molecule has 1 fully saturated rings. The van der Waals surface area contributed by atoms with E-state index in [4.69, 9.17) is 0 Å². The molecule has 0 bridgehead atoms. The zero-order valence-corrected chi connectivity index (χ0v) is 7.03. The molecule has 0 aromatic carbocycles. The summed E-state index contributed by atoms with van der Waals surface area (Å²) in [6.07, 6.45) is 1.22. The largest absolute Gasteiger partial charge is 0.372 e. The summed E-state index contributed by atoms with van der Waals surface area (Å²) in [5, 5.41) is 3.21. The van der Waals surface area contributed by atoms with Crippen LogP contribution in [0.2, 0.25) is 0 Å². The quantitative estimate of drug-likeness (QED) is 0.575. The maximum Gasteiger partial charge on any atom is 0.0939 e. The van der Waals surface area contributed by atoms with Gasteiger partial charge in [0.25, 0.3) is 0 Å². The van der Waals surface area contributed by atoms with Gasteiger partial charge in [-0.25, -0.2) is 0 Å². The minimum atomic E-state index is 0.903. The fourth-order valence-electron chi connectivity index (χ4n) is 1.12. The second-order valence-electron chi connectivity index (χ2n) is 2.44. The van der Waals surface area contributed by atoms with Crippen LogP contribution in [0.4, 0.5) is 0 Å². The zero-order chi connectivity index (χ0) is 7.40. The molecule has 0 amide bonds. The Hall–Kier alpha value is -0.310. The maximum absolute atomic E-state index is 4.16. The molecule has 0 spiro atoms. The summed E-state index contributed by atoms with van der Waals surface area (Å²) in [7, 11) is 0. The van der Waals surface area contributed by atoms with Gasteiger partial charge in [0.1, 0.15) is 0 Å². The summed E-state index contributed by atoms with van der Waals surface area (Å²) >= 11 is 4.16. The summed E-state index contributed by atoms with van der Waals surface area (Å²) in [5.74, 6) is 1.96. The van der Waals surface area contributed by atoms with Gasteiger partial charge in [0.2, 0.25) is 0 Å². The normalized spacial score (nSPS) is 18.9. The van der Waals surface area contributed by atoms with Gasteiger partial charge in [0.15, 0.2) is 0 Å². The van der Waals surface area contributed by atoms with Crippen molar-refractivity contribution >= 4 is 12.6 Å². The van der Waals surface area contributed by atoms with Crippen molar-refractivity contribution in [1.29, 1.82) is 0 Å².